The Morgan fingerprint density at radius 1 is 1.42 bits per heavy atom. The van der Waals surface area contributed by atoms with Crippen LogP contribution >= 0.6 is 7.82 Å². The second-order valence-corrected chi connectivity index (χ2v) is 3.75. The molecule has 0 aliphatic rings. The Labute approximate surface area is 69.4 Å². The number of aliphatic hydroxyl groups excluding tert-OH is 1. The molecule has 0 rings (SSSR count). The van der Waals surface area contributed by atoms with Gasteiger partial charge >= 0.3 is 13.8 Å². The molecule has 0 aliphatic carbocycles. The number of carbonyl (C=O) groups is 1. The molecule has 0 bridgehead atoms. The summed E-state index contributed by atoms with van der Waals surface area (Å²) in [4.78, 5) is 27.0. The highest BCUT2D eigenvalue weighted by Crippen LogP contribution is 2.36. The number of hydrogen-bond donors (Lipinski definition) is 3. The van der Waals surface area contributed by atoms with Gasteiger partial charge in [-0.1, -0.05) is 13.8 Å². The second kappa shape index (κ2) is 4.00. The van der Waals surface area contributed by atoms with Crippen LogP contribution in [0.1, 0.15) is 13.8 Å². The maximum Gasteiger partial charge on any atom is 0.527 e. The van der Waals surface area contributed by atoms with Gasteiger partial charge in [-0.3, -0.25) is 9.79 Å². The summed E-state index contributed by atoms with van der Waals surface area (Å²) in [6, 6.07) is 0. The van der Waals surface area contributed by atoms with Crippen molar-refractivity contribution >= 4 is 13.8 Å². The molecular weight excluding hydrogens is 187 g/mol. The quantitative estimate of drug-likeness (QED) is 0.535. The van der Waals surface area contributed by atoms with E-state index in [1.165, 1.54) is 13.8 Å². The van der Waals surface area contributed by atoms with Gasteiger partial charge in [0.15, 0.2) is 6.10 Å². The van der Waals surface area contributed by atoms with Crippen molar-refractivity contribution < 1.29 is 28.8 Å². The van der Waals surface area contributed by atoms with E-state index < -0.39 is 25.8 Å². The minimum absolute atomic E-state index is 0.441. The molecule has 0 aromatic rings. The van der Waals surface area contributed by atoms with Crippen LogP contribution in [0, 0.1) is 5.92 Å². The molecule has 0 aliphatic heterocycles. The van der Waals surface area contributed by atoms with Crippen LogP contribution < -0.4 is 0 Å². The fourth-order valence-corrected chi connectivity index (χ4v) is 0.786. The van der Waals surface area contributed by atoms with Gasteiger partial charge in [-0.15, -0.1) is 0 Å². The highest BCUT2D eigenvalue weighted by atomic mass is 31.2. The molecule has 0 heterocycles. The Morgan fingerprint density at radius 2 is 1.83 bits per heavy atom. The molecule has 6 nitrogen and oxygen atoms in total. The van der Waals surface area contributed by atoms with Crippen molar-refractivity contribution in [3.8, 4) is 0 Å². The zero-order valence-electron chi connectivity index (χ0n) is 6.67. The summed E-state index contributed by atoms with van der Waals surface area (Å²) in [7, 11) is -4.82. The van der Waals surface area contributed by atoms with Crippen molar-refractivity contribution in [2.24, 2.45) is 5.92 Å². The number of phosphoric acid groups is 1. The summed E-state index contributed by atoms with van der Waals surface area (Å²) in [5, 5.41) is 8.94. The molecule has 1 atom stereocenters. The average molecular weight is 198 g/mol. The smallest absolute Gasteiger partial charge is 0.381 e. The van der Waals surface area contributed by atoms with Gasteiger partial charge in [0.25, 0.3) is 0 Å². The van der Waals surface area contributed by atoms with Gasteiger partial charge < -0.3 is 9.63 Å². The first kappa shape index (κ1) is 11.6. The Balaban J connectivity index is 4.15. The van der Waals surface area contributed by atoms with Crippen LogP contribution in [0.3, 0.4) is 0 Å². The van der Waals surface area contributed by atoms with E-state index in [9.17, 15) is 9.36 Å². The van der Waals surface area contributed by atoms with Gasteiger partial charge in [-0.25, -0.2) is 9.36 Å². The predicted octanol–water partition coefficient (Wildman–Crippen LogP) is -0.361. The number of rotatable bonds is 3. The van der Waals surface area contributed by atoms with Crippen LogP contribution in [-0.2, 0) is 13.9 Å². The molecular formula is C5H11O6P. The normalized spacial score (nSPS) is 14.5. The standard InChI is InChI=1S/C5H11O6P/c1-3(2)4(6)5(7)11-12(8,9)10/h3-4,6H,1-2H3,(H2,8,9,10). The summed E-state index contributed by atoms with van der Waals surface area (Å²) in [6.45, 7) is 3.04. The Morgan fingerprint density at radius 3 is 2.08 bits per heavy atom. The monoisotopic (exact) mass is 198 g/mol. The molecule has 12 heavy (non-hydrogen) atoms. The van der Waals surface area contributed by atoms with Gasteiger partial charge in [0.05, 0.1) is 0 Å². The fourth-order valence-electron chi connectivity index (χ4n) is 0.443. The van der Waals surface area contributed by atoms with Crippen molar-refractivity contribution in [2.45, 2.75) is 20.0 Å². The third kappa shape index (κ3) is 4.46. The molecule has 0 saturated carbocycles. The lowest BCUT2D eigenvalue weighted by atomic mass is 10.1. The number of carbonyl (C=O) groups excluding carboxylic acids is 1. The van der Waals surface area contributed by atoms with Crippen LogP contribution in [0.25, 0.3) is 0 Å². The Hall–Kier alpha value is -0.420. The van der Waals surface area contributed by atoms with E-state index in [0.29, 0.717) is 0 Å². The fraction of sp³-hybridized carbons (Fsp3) is 0.800. The van der Waals surface area contributed by atoms with Crippen LogP contribution in [-0.4, -0.2) is 27.0 Å². The molecule has 0 aromatic heterocycles. The van der Waals surface area contributed by atoms with Crippen molar-refractivity contribution in [1.82, 2.24) is 0 Å². The number of hydrogen-bond acceptors (Lipinski definition) is 4. The first-order valence-electron chi connectivity index (χ1n) is 3.21. The molecule has 0 amide bonds. The molecule has 0 spiro atoms. The van der Waals surface area contributed by atoms with E-state index in [-0.39, 0.29) is 0 Å². The lowest BCUT2D eigenvalue weighted by Gasteiger charge is -2.13. The summed E-state index contributed by atoms with van der Waals surface area (Å²) in [5.74, 6) is -1.75. The van der Waals surface area contributed by atoms with Crippen LogP contribution in [0.4, 0.5) is 0 Å². The topological polar surface area (TPSA) is 104 Å². The van der Waals surface area contributed by atoms with E-state index in [2.05, 4.69) is 4.52 Å². The van der Waals surface area contributed by atoms with E-state index in [0.717, 1.165) is 0 Å². The third-order valence-electron chi connectivity index (χ3n) is 1.08. The Kier molecular flexibility index (Phi) is 3.86. The molecule has 72 valence electrons. The molecule has 0 fully saturated rings. The minimum atomic E-state index is -4.82. The molecule has 1 unspecified atom stereocenters. The zero-order valence-corrected chi connectivity index (χ0v) is 7.56. The van der Waals surface area contributed by atoms with Gasteiger partial charge in [-0.2, -0.15) is 0 Å². The van der Waals surface area contributed by atoms with Crippen molar-refractivity contribution in [3.05, 3.63) is 0 Å². The summed E-state index contributed by atoms with van der Waals surface area (Å²) in [5.41, 5.74) is 0. The molecule has 0 radical (unpaired) electrons. The van der Waals surface area contributed by atoms with E-state index in [1.54, 1.807) is 0 Å². The van der Waals surface area contributed by atoms with Crippen LogP contribution in [0.15, 0.2) is 0 Å². The Bertz CT molecular complexity index is 206. The van der Waals surface area contributed by atoms with Crippen molar-refractivity contribution in [1.29, 1.82) is 0 Å². The van der Waals surface area contributed by atoms with Crippen LogP contribution in [0.5, 0.6) is 0 Å². The largest absolute Gasteiger partial charge is 0.527 e. The maximum atomic E-state index is 10.6. The van der Waals surface area contributed by atoms with Gasteiger partial charge in [-0.05, 0) is 5.92 Å². The maximum absolute atomic E-state index is 10.6. The van der Waals surface area contributed by atoms with E-state index >= 15 is 0 Å². The lowest BCUT2D eigenvalue weighted by molar-refractivity contribution is -0.147. The summed E-state index contributed by atoms with van der Waals surface area (Å²) in [6.07, 6.45) is -1.50. The predicted molar refractivity (Wildman–Crippen MR) is 39.0 cm³/mol. The highest BCUT2D eigenvalue weighted by molar-refractivity contribution is 7.46. The van der Waals surface area contributed by atoms with E-state index in [4.69, 9.17) is 14.9 Å². The third-order valence-corrected chi connectivity index (χ3v) is 1.50. The lowest BCUT2D eigenvalue weighted by Crippen LogP contribution is -2.27. The molecule has 7 heteroatoms. The SMILES string of the molecule is CC(C)C(O)C(=O)OP(=O)(O)O. The first-order valence-corrected chi connectivity index (χ1v) is 4.74. The first-order chi connectivity index (χ1) is 5.24. The van der Waals surface area contributed by atoms with Crippen LogP contribution in [0.2, 0.25) is 0 Å². The number of phosphoric ester groups is 1. The van der Waals surface area contributed by atoms with Crippen molar-refractivity contribution in [2.75, 3.05) is 0 Å². The average Bonchev–Trinajstić information content (AvgIpc) is 1.82. The molecule has 3 N–H and O–H groups in total. The zero-order chi connectivity index (χ0) is 9.94. The second-order valence-electron chi connectivity index (χ2n) is 2.59. The summed E-state index contributed by atoms with van der Waals surface area (Å²) < 4.78 is 13.7. The van der Waals surface area contributed by atoms with Gasteiger partial charge in [0, 0.05) is 0 Å². The summed E-state index contributed by atoms with van der Waals surface area (Å²) >= 11 is 0. The van der Waals surface area contributed by atoms with E-state index in [1.807, 2.05) is 0 Å². The molecule has 0 saturated heterocycles. The molecule has 0 aromatic carbocycles. The van der Waals surface area contributed by atoms with Gasteiger partial charge in [0.1, 0.15) is 0 Å². The minimum Gasteiger partial charge on any atom is -0.381 e. The highest BCUT2D eigenvalue weighted by Gasteiger charge is 2.27. The van der Waals surface area contributed by atoms with Crippen molar-refractivity contribution in [3.63, 3.8) is 0 Å². The van der Waals surface area contributed by atoms with Gasteiger partial charge in [0.2, 0.25) is 0 Å². The number of aliphatic hydroxyl groups is 1.